The average Bonchev–Trinajstić information content (AvgIpc) is 3.08. The third-order valence-electron chi connectivity index (χ3n) is 5.95. The van der Waals surface area contributed by atoms with Gasteiger partial charge in [-0.1, -0.05) is 75.1 Å². The van der Waals surface area contributed by atoms with Crippen LogP contribution in [0, 0.1) is 5.92 Å². The molecule has 0 saturated carbocycles. The molecule has 0 radical (unpaired) electrons. The van der Waals surface area contributed by atoms with E-state index >= 15 is 0 Å². The van der Waals surface area contributed by atoms with Gasteiger partial charge in [0.05, 0.1) is 8.07 Å². The lowest BCUT2D eigenvalue weighted by atomic mass is 9.81. The molecule has 0 unspecified atom stereocenters. The van der Waals surface area contributed by atoms with Crippen LogP contribution in [-0.4, -0.2) is 26.1 Å². The van der Waals surface area contributed by atoms with Crippen LogP contribution in [0.1, 0.15) is 30.4 Å². The second-order valence-electron chi connectivity index (χ2n) is 9.22. The van der Waals surface area contributed by atoms with Crippen molar-refractivity contribution in [3.05, 3.63) is 65.7 Å². The standard InChI is InChI=1S/C24H31NSSi/c1-18-16-25(17-19-9-6-5-7-10-19)14-13-21(18)22-12-8-11-20-15-23(26-24(20)22)27(2,3)4/h5-12,15,18,21H,13-14,16-17H2,1-4H3/t18-,21+/m0/s1. The molecule has 142 valence electrons. The van der Waals surface area contributed by atoms with Crippen molar-refractivity contribution < 1.29 is 0 Å². The molecule has 3 aromatic rings. The molecule has 1 saturated heterocycles. The smallest absolute Gasteiger partial charge is 0.0904 e. The number of rotatable bonds is 4. The van der Waals surface area contributed by atoms with Gasteiger partial charge in [-0.05, 0) is 51.9 Å². The average molecular weight is 394 g/mol. The maximum absolute atomic E-state index is 2.64. The first kappa shape index (κ1) is 18.9. The third kappa shape index (κ3) is 4.06. The molecule has 1 nitrogen and oxygen atoms in total. The Bertz CT molecular complexity index is 909. The summed E-state index contributed by atoms with van der Waals surface area (Å²) in [4.78, 5) is 2.64. The third-order valence-corrected chi connectivity index (χ3v) is 10.7. The first-order chi connectivity index (χ1) is 12.9. The number of fused-ring (bicyclic) bond motifs is 1. The van der Waals surface area contributed by atoms with Crippen LogP contribution in [0.4, 0.5) is 0 Å². The molecular weight excluding hydrogens is 362 g/mol. The van der Waals surface area contributed by atoms with E-state index in [1.165, 1.54) is 30.5 Å². The molecule has 0 aliphatic carbocycles. The zero-order valence-corrected chi connectivity index (χ0v) is 18.9. The molecule has 4 rings (SSSR count). The minimum atomic E-state index is -1.25. The van der Waals surface area contributed by atoms with Crippen LogP contribution >= 0.6 is 11.3 Å². The molecule has 27 heavy (non-hydrogen) atoms. The largest absolute Gasteiger partial charge is 0.299 e. The van der Waals surface area contributed by atoms with Gasteiger partial charge in [0.1, 0.15) is 0 Å². The Morgan fingerprint density at radius 2 is 1.81 bits per heavy atom. The van der Waals surface area contributed by atoms with Gasteiger partial charge in [-0.3, -0.25) is 4.90 Å². The summed E-state index contributed by atoms with van der Waals surface area (Å²) >= 11 is 2.08. The van der Waals surface area contributed by atoms with Crippen LogP contribution in [0.5, 0.6) is 0 Å². The minimum Gasteiger partial charge on any atom is -0.299 e. The van der Waals surface area contributed by atoms with Crippen molar-refractivity contribution in [2.75, 3.05) is 13.1 Å². The lowest BCUT2D eigenvalue weighted by molar-refractivity contribution is 0.156. The molecule has 3 heteroatoms. The summed E-state index contributed by atoms with van der Waals surface area (Å²) in [5, 5.41) is 1.47. The summed E-state index contributed by atoms with van der Waals surface area (Å²) in [6, 6.07) is 20.4. The van der Waals surface area contributed by atoms with Gasteiger partial charge in [0.25, 0.3) is 0 Å². The predicted octanol–water partition coefficient (Wildman–Crippen LogP) is 6.07. The van der Waals surface area contributed by atoms with Crippen molar-refractivity contribution in [3.63, 3.8) is 0 Å². The lowest BCUT2D eigenvalue weighted by Gasteiger charge is -2.37. The van der Waals surface area contributed by atoms with Gasteiger partial charge < -0.3 is 0 Å². The number of hydrogen-bond donors (Lipinski definition) is 0. The normalized spacial score (nSPS) is 21.6. The summed E-state index contributed by atoms with van der Waals surface area (Å²) in [5.41, 5.74) is 3.04. The SMILES string of the molecule is C[C@H]1CN(Cc2ccccc2)CC[C@H]1c1cccc2cc([Si](C)(C)C)sc12. The second-order valence-corrected chi connectivity index (χ2v) is 15.7. The van der Waals surface area contributed by atoms with E-state index < -0.39 is 8.07 Å². The number of benzene rings is 2. The summed E-state index contributed by atoms with van der Waals surface area (Å²) in [6.07, 6.45) is 1.27. The molecule has 1 fully saturated rings. The highest BCUT2D eigenvalue weighted by Crippen LogP contribution is 2.38. The highest BCUT2D eigenvalue weighted by molar-refractivity contribution is 7.31. The van der Waals surface area contributed by atoms with Crippen molar-refractivity contribution in [1.82, 2.24) is 4.90 Å². The van der Waals surface area contributed by atoms with Crippen molar-refractivity contribution in [2.24, 2.45) is 5.92 Å². The van der Waals surface area contributed by atoms with E-state index in [0.29, 0.717) is 11.8 Å². The second kappa shape index (κ2) is 7.54. The molecule has 0 spiro atoms. The molecule has 0 amide bonds. The van der Waals surface area contributed by atoms with Crippen molar-refractivity contribution in [3.8, 4) is 0 Å². The molecule has 0 bridgehead atoms. The Labute approximate surface area is 169 Å². The molecule has 2 atom stereocenters. The number of hydrogen-bond acceptors (Lipinski definition) is 2. The Morgan fingerprint density at radius 1 is 1.04 bits per heavy atom. The topological polar surface area (TPSA) is 3.24 Å². The summed E-state index contributed by atoms with van der Waals surface area (Å²) in [5.74, 6) is 1.39. The molecule has 0 N–H and O–H groups in total. The van der Waals surface area contributed by atoms with Gasteiger partial charge in [-0.15, -0.1) is 11.3 Å². The predicted molar refractivity (Wildman–Crippen MR) is 123 cm³/mol. The highest BCUT2D eigenvalue weighted by atomic mass is 32.1. The fourth-order valence-electron chi connectivity index (χ4n) is 4.43. The summed E-state index contributed by atoms with van der Waals surface area (Å²) in [6.45, 7) is 13.3. The van der Waals surface area contributed by atoms with E-state index in [4.69, 9.17) is 0 Å². The molecular formula is C24H31NSSi. The van der Waals surface area contributed by atoms with Crippen LogP contribution in [0.15, 0.2) is 54.6 Å². The Morgan fingerprint density at radius 3 is 2.52 bits per heavy atom. The van der Waals surface area contributed by atoms with Crippen LogP contribution < -0.4 is 4.50 Å². The van der Waals surface area contributed by atoms with Crippen molar-refractivity contribution in [1.29, 1.82) is 0 Å². The maximum atomic E-state index is 2.64. The van der Waals surface area contributed by atoms with Crippen LogP contribution in [0.2, 0.25) is 19.6 Å². The number of likely N-dealkylation sites (tertiary alicyclic amines) is 1. The van der Waals surface area contributed by atoms with Gasteiger partial charge in [-0.25, -0.2) is 0 Å². The highest BCUT2D eigenvalue weighted by Gasteiger charge is 2.29. The van der Waals surface area contributed by atoms with Crippen LogP contribution in [0.3, 0.4) is 0 Å². The number of piperidine rings is 1. The van der Waals surface area contributed by atoms with Crippen molar-refractivity contribution >= 4 is 34.0 Å². The zero-order valence-electron chi connectivity index (χ0n) is 17.0. The quantitative estimate of drug-likeness (QED) is 0.486. The van der Waals surface area contributed by atoms with E-state index in [1.807, 2.05) is 0 Å². The van der Waals surface area contributed by atoms with E-state index in [1.54, 1.807) is 14.8 Å². The molecule has 2 heterocycles. The molecule has 1 aliphatic rings. The van der Waals surface area contributed by atoms with Crippen molar-refractivity contribution in [2.45, 2.75) is 45.4 Å². The summed E-state index contributed by atoms with van der Waals surface area (Å²) < 4.78 is 3.20. The van der Waals surface area contributed by atoms with Gasteiger partial charge in [-0.2, -0.15) is 0 Å². The molecule has 1 aromatic heterocycles. The van der Waals surface area contributed by atoms with E-state index in [0.717, 1.165) is 6.54 Å². The Kier molecular flexibility index (Phi) is 5.28. The van der Waals surface area contributed by atoms with E-state index in [-0.39, 0.29) is 0 Å². The maximum Gasteiger partial charge on any atom is 0.0904 e. The Balaban J connectivity index is 1.55. The van der Waals surface area contributed by atoms with Gasteiger partial charge >= 0.3 is 0 Å². The van der Waals surface area contributed by atoms with Gasteiger partial charge in [0.15, 0.2) is 0 Å². The fourth-order valence-corrected chi connectivity index (χ4v) is 7.53. The van der Waals surface area contributed by atoms with Crippen LogP contribution in [-0.2, 0) is 6.54 Å². The van der Waals surface area contributed by atoms with E-state index in [9.17, 15) is 0 Å². The lowest BCUT2D eigenvalue weighted by Crippen LogP contribution is -2.37. The minimum absolute atomic E-state index is 0.689. The monoisotopic (exact) mass is 393 g/mol. The van der Waals surface area contributed by atoms with Gasteiger partial charge in [0, 0.05) is 17.8 Å². The zero-order chi connectivity index (χ0) is 19.0. The number of nitrogens with zero attached hydrogens (tertiary/aromatic N) is 1. The van der Waals surface area contributed by atoms with Crippen LogP contribution in [0.25, 0.3) is 10.1 Å². The van der Waals surface area contributed by atoms with E-state index in [2.05, 4.69) is 97.4 Å². The molecule has 2 aromatic carbocycles. The Hall–Kier alpha value is -1.42. The first-order valence-corrected chi connectivity index (χ1v) is 14.5. The number of thiophene rings is 1. The summed E-state index contributed by atoms with van der Waals surface area (Å²) in [7, 11) is -1.25. The first-order valence-electron chi connectivity index (χ1n) is 10.2. The molecule has 1 aliphatic heterocycles. The fraction of sp³-hybridized carbons (Fsp3) is 0.417. The van der Waals surface area contributed by atoms with Gasteiger partial charge in [0.2, 0.25) is 0 Å².